The van der Waals surface area contributed by atoms with Crippen LogP contribution in [0.15, 0.2) is 42.6 Å². The second-order valence-corrected chi connectivity index (χ2v) is 7.12. The van der Waals surface area contributed by atoms with Crippen LogP contribution in [0.4, 0.5) is 4.39 Å². The molecule has 1 fully saturated rings. The zero-order valence-corrected chi connectivity index (χ0v) is 17.8. The summed E-state index contributed by atoms with van der Waals surface area (Å²) in [4.78, 5) is 35.7. The van der Waals surface area contributed by atoms with E-state index in [1.165, 1.54) is 12.1 Å². The molecule has 3 aromatic rings. The van der Waals surface area contributed by atoms with E-state index >= 15 is 0 Å². The number of H-pyrrole nitrogens is 1. The molecule has 2 aromatic carbocycles. The molecule has 10 heteroatoms. The molecule has 2 heterocycles. The van der Waals surface area contributed by atoms with Crippen LogP contribution in [0.5, 0.6) is 11.5 Å². The number of rotatable bonds is 4. The minimum Gasteiger partial charge on any atom is -0.462 e. The van der Waals surface area contributed by atoms with Crippen molar-refractivity contribution < 1.29 is 28.2 Å². The highest BCUT2D eigenvalue weighted by Crippen LogP contribution is 2.31. The number of nitrogens with one attached hydrogen (secondary N) is 1. The van der Waals surface area contributed by atoms with Gasteiger partial charge in [0, 0.05) is 47.8 Å². The molecule has 7 nitrogen and oxygen atoms in total. The predicted molar refractivity (Wildman–Crippen MR) is 113 cm³/mol. The fourth-order valence-electron chi connectivity index (χ4n) is 2.76. The van der Waals surface area contributed by atoms with E-state index in [0.717, 1.165) is 17.0 Å². The molecule has 162 valence electrons. The number of hydrogen-bond acceptors (Lipinski definition) is 5. The molecule has 1 aromatic heterocycles. The van der Waals surface area contributed by atoms with E-state index in [1.54, 1.807) is 31.3 Å². The van der Waals surface area contributed by atoms with Crippen molar-refractivity contribution in [2.24, 2.45) is 0 Å². The average Bonchev–Trinajstić information content (AvgIpc) is 3.25. The number of esters is 1. The Morgan fingerprint density at radius 1 is 1.16 bits per heavy atom. The Morgan fingerprint density at radius 2 is 1.87 bits per heavy atom. The molecule has 0 saturated carbocycles. The number of fused-ring (bicyclic) bond motifs is 1. The molecule has 0 atom stereocenters. The molecule has 1 N–H and O–H groups in total. The van der Waals surface area contributed by atoms with Gasteiger partial charge in [-0.3, -0.25) is 9.59 Å². The summed E-state index contributed by atoms with van der Waals surface area (Å²) in [6.45, 7) is 1.92. The minimum atomic E-state index is -0.566. The molecule has 1 saturated heterocycles. The van der Waals surface area contributed by atoms with E-state index in [0.29, 0.717) is 15.2 Å². The number of imide groups is 1. The Bertz CT molecular complexity index is 1130. The second-order valence-electron chi connectivity index (χ2n) is 6.38. The standard InChI is InChI=1S/C17H13ClFNO3.C4H4ClNO2/c1-2-22-17(21)12-5-3-10(19)7-16(12)23-11-4-6-15-13(8-11)14(18)9-20-15;5-6-3(7)1-2-4(6)8/h3-9,20H,2H2,1H3;1-2H2. The summed E-state index contributed by atoms with van der Waals surface area (Å²) in [6, 6.07) is 8.88. The molecule has 4 rings (SSSR count). The van der Waals surface area contributed by atoms with Crippen molar-refractivity contribution in [1.82, 2.24) is 9.40 Å². The number of halogens is 3. The van der Waals surface area contributed by atoms with E-state index in [1.807, 2.05) is 0 Å². The number of aromatic nitrogens is 1. The van der Waals surface area contributed by atoms with E-state index in [2.05, 4.69) is 4.98 Å². The molecule has 0 radical (unpaired) electrons. The first-order chi connectivity index (χ1) is 14.8. The van der Waals surface area contributed by atoms with Crippen LogP contribution >= 0.6 is 23.4 Å². The normalized spacial score (nSPS) is 13.2. The fraction of sp³-hybridized carbons (Fsp3) is 0.190. The van der Waals surface area contributed by atoms with Crippen LogP contribution in [-0.2, 0) is 14.3 Å². The molecule has 0 bridgehead atoms. The van der Waals surface area contributed by atoms with Crippen LogP contribution in [0.2, 0.25) is 5.02 Å². The van der Waals surface area contributed by atoms with Gasteiger partial charge in [-0.15, -0.1) is 0 Å². The van der Waals surface area contributed by atoms with Crippen molar-refractivity contribution in [3.63, 3.8) is 0 Å². The largest absolute Gasteiger partial charge is 0.462 e. The molecule has 2 amide bonds. The van der Waals surface area contributed by atoms with E-state index in [9.17, 15) is 18.8 Å². The van der Waals surface area contributed by atoms with Gasteiger partial charge in [-0.25, -0.2) is 9.18 Å². The Balaban J connectivity index is 0.000000287. The van der Waals surface area contributed by atoms with Crippen LogP contribution in [0, 0.1) is 5.82 Å². The first-order valence-corrected chi connectivity index (χ1v) is 9.94. The van der Waals surface area contributed by atoms with Crippen molar-refractivity contribution >= 4 is 52.1 Å². The van der Waals surface area contributed by atoms with Gasteiger partial charge in [0.05, 0.1) is 11.6 Å². The number of carbonyl (C=O) groups excluding carboxylic acids is 3. The molecule has 0 spiro atoms. The molecular weight excluding hydrogens is 450 g/mol. The third kappa shape index (κ3) is 5.34. The summed E-state index contributed by atoms with van der Waals surface area (Å²) in [6.07, 6.45) is 2.20. The predicted octanol–water partition coefficient (Wildman–Crippen LogP) is 5.22. The number of ether oxygens (including phenoxy) is 2. The van der Waals surface area contributed by atoms with Gasteiger partial charge in [0.2, 0.25) is 11.8 Å². The number of nitrogens with zero attached hydrogens (tertiary/aromatic N) is 1. The Kier molecular flexibility index (Phi) is 7.14. The third-order valence-electron chi connectivity index (χ3n) is 4.26. The maximum atomic E-state index is 13.5. The monoisotopic (exact) mass is 466 g/mol. The van der Waals surface area contributed by atoms with Gasteiger partial charge in [0.15, 0.2) is 0 Å². The summed E-state index contributed by atoms with van der Waals surface area (Å²) >= 11 is 11.2. The zero-order valence-electron chi connectivity index (χ0n) is 16.3. The lowest BCUT2D eigenvalue weighted by Gasteiger charge is -2.11. The number of hydrogen-bond donors (Lipinski definition) is 1. The van der Waals surface area contributed by atoms with Gasteiger partial charge in [0.1, 0.15) is 22.9 Å². The van der Waals surface area contributed by atoms with Crippen LogP contribution in [0.3, 0.4) is 0 Å². The molecule has 1 aliphatic rings. The summed E-state index contributed by atoms with van der Waals surface area (Å²) < 4.78 is 24.8. The summed E-state index contributed by atoms with van der Waals surface area (Å²) in [5.41, 5.74) is 1.01. The molecule has 1 aliphatic heterocycles. The minimum absolute atomic E-state index is 0.0921. The van der Waals surface area contributed by atoms with Crippen LogP contribution < -0.4 is 4.74 Å². The van der Waals surface area contributed by atoms with E-state index in [-0.39, 0.29) is 42.6 Å². The SMILES string of the molecule is CCOC(=O)c1ccc(F)cc1Oc1ccc2[nH]cc(Cl)c2c1.O=C1CCC(=O)N1Cl. The van der Waals surface area contributed by atoms with Crippen molar-refractivity contribution in [1.29, 1.82) is 0 Å². The quantitative estimate of drug-likeness (QED) is 0.323. The maximum Gasteiger partial charge on any atom is 0.341 e. The molecule has 31 heavy (non-hydrogen) atoms. The number of amides is 2. The zero-order chi connectivity index (χ0) is 22.5. The molecule has 0 aliphatic carbocycles. The van der Waals surface area contributed by atoms with Gasteiger partial charge in [-0.05, 0) is 37.3 Å². The lowest BCUT2D eigenvalue weighted by Crippen LogP contribution is -2.16. The van der Waals surface area contributed by atoms with Crippen LogP contribution in [0.25, 0.3) is 10.9 Å². The van der Waals surface area contributed by atoms with E-state index in [4.69, 9.17) is 32.9 Å². The summed E-state index contributed by atoms with van der Waals surface area (Å²) in [5, 5.41) is 1.33. The first kappa shape index (κ1) is 22.6. The highest BCUT2D eigenvalue weighted by Gasteiger charge is 2.26. The van der Waals surface area contributed by atoms with Crippen molar-refractivity contribution in [3.8, 4) is 11.5 Å². The van der Waals surface area contributed by atoms with Crippen molar-refractivity contribution in [3.05, 3.63) is 59.0 Å². The van der Waals surface area contributed by atoms with Crippen molar-refractivity contribution in [2.45, 2.75) is 19.8 Å². The fourth-order valence-corrected chi connectivity index (χ4v) is 3.14. The average molecular weight is 467 g/mol. The molecular formula is C21H17Cl2FN2O5. The summed E-state index contributed by atoms with van der Waals surface area (Å²) in [5.74, 6) is -1.13. The van der Waals surface area contributed by atoms with Crippen molar-refractivity contribution in [2.75, 3.05) is 6.61 Å². The lowest BCUT2D eigenvalue weighted by molar-refractivity contribution is -0.132. The smallest absolute Gasteiger partial charge is 0.341 e. The summed E-state index contributed by atoms with van der Waals surface area (Å²) in [7, 11) is 0. The number of benzene rings is 2. The van der Waals surface area contributed by atoms with Gasteiger partial charge >= 0.3 is 5.97 Å². The first-order valence-electron chi connectivity index (χ1n) is 9.23. The highest BCUT2D eigenvalue weighted by molar-refractivity contribution is 6.35. The van der Waals surface area contributed by atoms with Gasteiger partial charge in [0.25, 0.3) is 0 Å². The number of carbonyl (C=O) groups is 3. The second kappa shape index (κ2) is 9.80. The van der Waals surface area contributed by atoms with Gasteiger partial charge < -0.3 is 14.5 Å². The van der Waals surface area contributed by atoms with Crippen LogP contribution in [0.1, 0.15) is 30.1 Å². The Labute approximate surface area is 186 Å². The van der Waals surface area contributed by atoms with Crippen LogP contribution in [-0.4, -0.2) is 33.8 Å². The lowest BCUT2D eigenvalue weighted by atomic mass is 10.2. The highest BCUT2D eigenvalue weighted by atomic mass is 35.5. The van der Waals surface area contributed by atoms with Gasteiger partial charge in [-0.1, -0.05) is 11.6 Å². The third-order valence-corrected chi connectivity index (χ3v) is 4.95. The Morgan fingerprint density at radius 3 is 2.48 bits per heavy atom. The topological polar surface area (TPSA) is 88.7 Å². The Hall–Kier alpha value is -3.10. The molecule has 0 unspecified atom stereocenters. The van der Waals surface area contributed by atoms with Gasteiger partial charge in [-0.2, -0.15) is 4.42 Å². The van der Waals surface area contributed by atoms with E-state index < -0.39 is 11.8 Å². The number of aromatic amines is 1. The maximum absolute atomic E-state index is 13.5.